The molecule has 0 saturated carbocycles. The highest BCUT2D eigenvalue weighted by Gasteiger charge is 2.24. The highest BCUT2D eigenvalue weighted by Crippen LogP contribution is 2.19. The molecular weight excluding hydrogens is 340 g/mol. The van der Waals surface area contributed by atoms with Crippen LogP contribution in [-0.2, 0) is 16.1 Å². The van der Waals surface area contributed by atoms with Gasteiger partial charge >= 0.3 is 5.97 Å². The van der Waals surface area contributed by atoms with Gasteiger partial charge < -0.3 is 14.8 Å². The molecule has 1 unspecified atom stereocenters. The van der Waals surface area contributed by atoms with Crippen molar-refractivity contribution in [3.8, 4) is 5.75 Å². The monoisotopic (exact) mass is 358 g/mol. The van der Waals surface area contributed by atoms with Crippen LogP contribution in [0.5, 0.6) is 5.75 Å². The van der Waals surface area contributed by atoms with Crippen LogP contribution in [0.25, 0.3) is 0 Å². The molecule has 8 nitrogen and oxygen atoms in total. The van der Waals surface area contributed by atoms with Crippen molar-refractivity contribution in [2.45, 2.75) is 19.6 Å². The molecule has 1 N–H and O–H groups in total. The predicted molar refractivity (Wildman–Crippen MR) is 92.8 cm³/mol. The molecule has 0 fully saturated rings. The number of nitro groups is 1. The van der Waals surface area contributed by atoms with Crippen LogP contribution in [0.4, 0.5) is 5.69 Å². The minimum atomic E-state index is -1.11. The maximum atomic E-state index is 12.1. The van der Waals surface area contributed by atoms with E-state index in [1.807, 2.05) is 6.07 Å². The van der Waals surface area contributed by atoms with Gasteiger partial charge in [-0.2, -0.15) is 0 Å². The van der Waals surface area contributed by atoms with E-state index in [4.69, 9.17) is 9.47 Å². The second-order valence-electron chi connectivity index (χ2n) is 5.35. The van der Waals surface area contributed by atoms with Gasteiger partial charge in [-0.3, -0.25) is 14.9 Å². The van der Waals surface area contributed by atoms with Crippen LogP contribution in [0.15, 0.2) is 48.5 Å². The van der Waals surface area contributed by atoms with Gasteiger partial charge in [-0.1, -0.05) is 30.3 Å². The Labute approximate surface area is 149 Å². The number of benzene rings is 2. The maximum absolute atomic E-state index is 12.1. The second kappa shape index (κ2) is 8.61. The van der Waals surface area contributed by atoms with Gasteiger partial charge in [0.1, 0.15) is 11.3 Å². The Balaban J connectivity index is 1.99. The number of ether oxygens (including phenoxy) is 2. The number of rotatable bonds is 7. The van der Waals surface area contributed by atoms with E-state index >= 15 is 0 Å². The number of carbonyl (C=O) groups is 2. The molecule has 2 aromatic rings. The Hall–Kier alpha value is -3.42. The van der Waals surface area contributed by atoms with Crippen molar-refractivity contribution < 1.29 is 24.0 Å². The topological polar surface area (TPSA) is 108 Å². The van der Waals surface area contributed by atoms with Crippen molar-refractivity contribution in [2.24, 2.45) is 0 Å². The van der Waals surface area contributed by atoms with Gasteiger partial charge in [0, 0.05) is 18.2 Å². The van der Waals surface area contributed by atoms with E-state index in [-0.39, 0.29) is 17.8 Å². The lowest BCUT2D eigenvalue weighted by Crippen LogP contribution is -2.35. The number of nitrogens with one attached hydrogen (secondary N) is 1. The van der Waals surface area contributed by atoms with E-state index in [1.165, 1.54) is 38.3 Å². The van der Waals surface area contributed by atoms with E-state index in [0.717, 1.165) is 5.56 Å². The Morgan fingerprint density at radius 3 is 2.50 bits per heavy atom. The fourth-order valence-electron chi connectivity index (χ4n) is 2.26. The first-order valence-electron chi connectivity index (χ1n) is 7.78. The number of nitrogens with zero attached hydrogens (tertiary/aromatic N) is 1. The fourth-order valence-corrected chi connectivity index (χ4v) is 2.26. The number of methoxy groups -OCH3 is 1. The van der Waals surface area contributed by atoms with Crippen molar-refractivity contribution in [3.05, 3.63) is 69.8 Å². The summed E-state index contributed by atoms with van der Waals surface area (Å²) < 4.78 is 10.2. The van der Waals surface area contributed by atoms with Gasteiger partial charge in [-0.05, 0) is 19.1 Å². The normalized spacial score (nSPS) is 11.3. The minimum absolute atomic E-state index is 0.191. The average Bonchev–Trinajstić information content (AvgIpc) is 2.66. The van der Waals surface area contributed by atoms with E-state index in [0.29, 0.717) is 5.75 Å². The molecule has 0 radical (unpaired) electrons. The van der Waals surface area contributed by atoms with Crippen molar-refractivity contribution in [1.29, 1.82) is 0 Å². The summed E-state index contributed by atoms with van der Waals surface area (Å²) in [4.78, 5) is 34.6. The number of amides is 1. The van der Waals surface area contributed by atoms with E-state index < -0.39 is 22.9 Å². The van der Waals surface area contributed by atoms with Crippen LogP contribution in [0.2, 0.25) is 0 Å². The van der Waals surface area contributed by atoms with Gasteiger partial charge in [0.2, 0.25) is 0 Å². The Kier molecular flexibility index (Phi) is 6.26. The van der Waals surface area contributed by atoms with Crippen LogP contribution >= 0.6 is 0 Å². The Morgan fingerprint density at radius 1 is 1.15 bits per heavy atom. The molecule has 8 heteroatoms. The molecule has 2 aromatic carbocycles. The third kappa shape index (κ3) is 4.56. The highest BCUT2D eigenvalue weighted by molar-refractivity contribution is 5.95. The minimum Gasteiger partial charge on any atom is -0.496 e. The number of nitro benzene ring substituents is 1. The van der Waals surface area contributed by atoms with Crippen molar-refractivity contribution >= 4 is 17.6 Å². The number of carbonyl (C=O) groups excluding carboxylic acids is 2. The van der Waals surface area contributed by atoms with Crippen molar-refractivity contribution in [1.82, 2.24) is 5.32 Å². The summed E-state index contributed by atoms with van der Waals surface area (Å²) >= 11 is 0. The van der Waals surface area contributed by atoms with E-state index in [9.17, 15) is 19.7 Å². The smallest absolute Gasteiger partial charge is 0.345 e. The summed E-state index contributed by atoms with van der Waals surface area (Å²) in [5.41, 5.74) is 0.182. The zero-order chi connectivity index (χ0) is 19.1. The van der Waals surface area contributed by atoms with Crippen LogP contribution in [0, 0.1) is 10.1 Å². The van der Waals surface area contributed by atoms with Crippen molar-refractivity contribution in [2.75, 3.05) is 7.11 Å². The summed E-state index contributed by atoms with van der Waals surface area (Å²) in [6.45, 7) is 1.58. The molecule has 1 amide bonds. The molecule has 2 rings (SSSR count). The summed E-state index contributed by atoms with van der Waals surface area (Å²) in [6.07, 6.45) is -1.11. The summed E-state index contributed by atoms with van der Waals surface area (Å²) in [5.74, 6) is -0.836. The van der Waals surface area contributed by atoms with Crippen LogP contribution in [-0.4, -0.2) is 30.0 Å². The first-order valence-corrected chi connectivity index (χ1v) is 7.78. The molecule has 0 aliphatic carbocycles. The lowest BCUT2D eigenvalue weighted by molar-refractivity contribution is -0.385. The molecule has 0 spiro atoms. The zero-order valence-corrected chi connectivity index (χ0v) is 14.3. The van der Waals surface area contributed by atoms with Crippen LogP contribution in [0.3, 0.4) is 0 Å². The Morgan fingerprint density at radius 2 is 1.81 bits per heavy atom. The van der Waals surface area contributed by atoms with Gasteiger partial charge in [-0.25, -0.2) is 4.79 Å². The molecule has 0 aliphatic rings. The SMILES string of the molecule is COc1ccccc1CNC(=O)C(C)OC(=O)c1ccccc1[N+](=O)[O-]. The van der Waals surface area contributed by atoms with Crippen LogP contribution in [0.1, 0.15) is 22.8 Å². The summed E-state index contributed by atoms with van der Waals surface area (Å²) in [7, 11) is 1.53. The standard InChI is InChI=1S/C18H18N2O6/c1-12(17(21)19-11-13-7-3-6-10-16(13)25-2)26-18(22)14-8-4-5-9-15(14)20(23)24/h3-10,12H,11H2,1-2H3,(H,19,21). The number of hydrogen-bond acceptors (Lipinski definition) is 6. The molecule has 26 heavy (non-hydrogen) atoms. The number of para-hydroxylation sites is 2. The largest absolute Gasteiger partial charge is 0.496 e. The number of hydrogen-bond donors (Lipinski definition) is 1. The van der Waals surface area contributed by atoms with Gasteiger partial charge in [0.15, 0.2) is 6.10 Å². The summed E-state index contributed by atoms with van der Waals surface area (Å²) in [6, 6.07) is 12.6. The van der Waals surface area contributed by atoms with E-state index in [2.05, 4.69) is 5.32 Å². The van der Waals surface area contributed by atoms with E-state index in [1.54, 1.807) is 18.2 Å². The van der Waals surface area contributed by atoms with Gasteiger partial charge in [0.25, 0.3) is 11.6 Å². The molecule has 0 saturated heterocycles. The molecular formula is C18H18N2O6. The lowest BCUT2D eigenvalue weighted by atomic mass is 10.2. The molecule has 0 bridgehead atoms. The molecule has 136 valence electrons. The maximum Gasteiger partial charge on any atom is 0.345 e. The van der Waals surface area contributed by atoms with Crippen LogP contribution < -0.4 is 10.1 Å². The van der Waals surface area contributed by atoms with Gasteiger partial charge in [0.05, 0.1) is 12.0 Å². The Bertz CT molecular complexity index is 821. The quantitative estimate of drug-likeness (QED) is 0.463. The predicted octanol–water partition coefficient (Wildman–Crippen LogP) is 2.47. The summed E-state index contributed by atoms with van der Waals surface area (Å²) in [5, 5.41) is 13.6. The molecule has 0 aromatic heterocycles. The zero-order valence-electron chi connectivity index (χ0n) is 14.3. The third-order valence-electron chi connectivity index (χ3n) is 3.62. The van der Waals surface area contributed by atoms with Gasteiger partial charge in [-0.15, -0.1) is 0 Å². The molecule has 0 aliphatic heterocycles. The number of esters is 1. The lowest BCUT2D eigenvalue weighted by Gasteiger charge is -2.14. The average molecular weight is 358 g/mol. The third-order valence-corrected chi connectivity index (χ3v) is 3.62. The van der Waals surface area contributed by atoms with Crippen molar-refractivity contribution in [3.63, 3.8) is 0 Å². The first kappa shape index (κ1) is 18.9. The fraction of sp³-hybridized carbons (Fsp3) is 0.222. The second-order valence-corrected chi connectivity index (χ2v) is 5.35. The molecule has 0 heterocycles. The highest BCUT2D eigenvalue weighted by atomic mass is 16.6. The molecule has 1 atom stereocenters. The first-order chi connectivity index (χ1) is 12.4.